The molecule has 0 aliphatic carbocycles. The third kappa shape index (κ3) is 4.58. The van der Waals surface area contributed by atoms with E-state index >= 15 is 0 Å². The maximum Gasteiger partial charge on any atom is 0.353 e. The third-order valence-electron chi connectivity index (χ3n) is 8.40. The highest BCUT2D eigenvalue weighted by molar-refractivity contribution is 8.03. The zero-order valence-electron chi connectivity index (χ0n) is 22.0. The number of Topliss-reactive ketones (excluding diaryl/α,β-unsaturated/α-hetero) is 1. The molecule has 40 heavy (non-hydrogen) atoms. The molecule has 4 aliphatic rings. The van der Waals surface area contributed by atoms with Crippen LogP contribution in [0, 0.1) is 17.8 Å². The smallest absolute Gasteiger partial charge is 0.353 e. The lowest BCUT2D eigenvalue weighted by atomic mass is 9.73. The highest BCUT2D eigenvalue weighted by Gasteiger charge is 2.60. The molecule has 16 heteroatoms. The second kappa shape index (κ2) is 10.4. The van der Waals surface area contributed by atoms with E-state index in [0.29, 0.717) is 31.0 Å². The molecule has 0 aromatic carbocycles. The molecule has 3 fully saturated rings. The van der Waals surface area contributed by atoms with Crippen molar-refractivity contribution in [2.24, 2.45) is 17.8 Å². The second-order valence-corrected chi connectivity index (χ2v) is 12.3. The summed E-state index contributed by atoms with van der Waals surface area (Å²) in [6, 6.07) is -0.456. The largest absolute Gasteiger partial charge is 0.477 e. The number of fused-ring (bicyclic) bond motifs is 1. The average Bonchev–Trinajstić information content (AvgIpc) is 3.67. The molecule has 6 rings (SSSR count). The van der Waals surface area contributed by atoms with Gasteiger partial charge in [0.15, 0.2) is 5.78 Å². The molecule has 0 radical (unpaired) electrons. The van der Waals surface area contributed by atoms with Crippen molar-refractivity contribution in [3.63, 3.8) is 0 Å². The van der Waals surface area contributed by atoms with Crippen molar-refractivity contribution in [1.82, 2.24) is 50.1 Å². The summed E-state index contributed by atoms with van der Waals surface area (Å²) in [5.41, 5.74) is 0.0327. The predicted octanol–water partition coefficient (Wildman–Crippen LogP) is -0.820. The van der Waals surface area contributed by atoms with Gasteiger partial charge in [-0.1, -0.05) is 13.8 Å². The lowest BCUT2D eigenvalue weighted by Gasteiger charge is -2.47. The number of likely N-dealkylation sites (tertiary alicyclic amines) is 1. The average molecular weight is 571 g/mol. The monoisotopic (exact) mass is 570 g/mol. The fraction of sp³-hybridized carbons (Fsp3) is 0.625. The molecule has 3 saturated heterocycles. The number of carboxylic acid groups (broad SMARTS) is 1. The van der Waals surface area contributed by atoms with Crippen LogP contribution in [0.15, 0.2) is 29.6 Å². The number of carbonyl (C=O) groups is 4. The summed E-state index contributed by atoms with van der Waals surface area (Å²) in [4.78, 5) is 55.0. The van der Waals surface area contributed by atoms with Crippen molar-refractivity contribution in [2.45, 2.75) is 56.6 Å². The Bertz CT molecular complexity index is 1340. The summed E-state index contributed by atoms with van der Waals surface area (Å²) < 4.78 is 3.24. The summed E-state index contributed by atoms with van der Waals surface area (Å²) >= 11 is 1.45. The fourth-order valence-corrected chi connectivity index (χ4v) is 7.83. The molecule has 1 unspecified atom stereocenters. The van der Waals surface area contributed by atoms with E-state index in [9.17, 15) is 24.3 Å². The maximum absolute atomic E-state index is 13.2. The first kappa shape index (κ1) is 26.6. The summed E-state index contributed by atoms with van der Waals surface area (Å²) in [5.74, 6) is -2.34. The van der Waals surface area contributed by atoms with Crippen molar-refractivity contribution in [3.05, 3.63) is 29.6 Å². The number of carbonyl (C=O) groups excluding carboxylic acids is 3. The molecule has 4 aliphatic heterocycles. The molecule has 15 nitrogen and oxygen atoms in total. The number of ketones is 1. The van der Waals surface area contributed by atoms with Gasteiger partial charge >= 0.3 is 5.97 Å². The molecule has 2 aromatic heterocycles. The van der Waals surface area contributed by atoms with Gasteiger partial charge < -0.3 is 24.8 Å². The van der Waals surface area contributed by atoms with Crippen LogP contribution < -0.4 is 5.32 Å². The van der Waals surface area contributed by atoms with Crippen molar-refractivity contribution >= 4 is 35.3 Å². The number of rotatable bonds is 10. The van der Waals surface area contributed by atoms with Gasteiger partial charge in [-0.3, -0.25) is 14.4 Å². The normalized spacial score (nSPS) is 28.9. The minimum absolute atomic E-state index is 0.00165. The Balaban J connectivity index is 1.07. The van der Waals surface area contributed by atoms with E-state index in [2.05, 4.69) is 31.0 Å². The molecule has 0 spiro atoms. The highest BCUT2D eigenvalue weighted by atomic mass is 32.2. The van der Waals surface area contributed by atoms with Gasteiger partial charge in [0, 0.05) is 42.1 Å². The first-order chi connectivity index (χ1) is 19.2. The van der Waals surface area contributed by atoms with E-state index in [1.807, 2.05) is 23.3 Å². The molecule has 212 valence electrons. The summed E-state index contributed by atoms with van der Waals surface area (Å²) in [7, 11) is 0. The summed E-state index contributed by atoms with van der Waals surface area (Å²) in [6.07, 6.45) is 5.41. The molecule has 6 atom stereocenters. The number of nitrogens with zero attached hydrogens (tertiary/aromatic N) is 9. The van der Waals surface area contributed by atoms with Crippen LogP contribution in [-0.4, -0.2) is 110 Å². The highest BCUT2D eigenvalue weighted by Crippen LogP contribution is 2.53. The predicted molar refractivity (Wildman–Crippen MR) is 138 cm³/mol. The number of thioether (sulfide) groups is 1. The van der Waals surface area contributed by atoms with Crippen LogP contribution >= 0.6 is 11.8 Å². The molecular weight excluding hydrogens is 540 g/mol. The van der Waals surface area contributed by atoms with Crippen molar-refractivity contribution in [1.29, 1.82) is 0 Å². The maximum atomic E-state index is 13.2. The number of hydrogen-bond donors (Lipinski definition) is 2. The van der Waals surface area contributed by atoms with Gasteiger partial charge in [0.2, 0.25) is 11.8 Å². The zero-order valence-corrected chi connectivity index (χ0v) is 22.8. The Morgan fingerprint density at radius 3 is 2.60 bits per heavy atom. The molecule has 2 aromatic rings. The van der Waals surface area contributed by atoms with Crippen molar-refractivity contribution in [3.8, 4) is 0 Å². The number of aliphatic carboxylic acids is 1. The number of amides is 2. The quantitative estimate of drug-likeness (QED) is 0.339. The molecule has 0 bridgehead atoms. The minimum atomic E-state index is -1.13. The lowest BCUT2D eigenvalue weighted by Crippen LogP contribution is -2.62. The van der Waals surface area contributed by atoms with Gasteiger partial charge in [-0.15, -0.1) is 27.1 Å². The first-order valence-electron chi connectivity index (χ1n) is 13.3. The number of hydrogen-bond acceptors (Lipinski definition) is 11. The fourth-order valence-electron chi connectivity index (χ4n) is 6.35. The van der Waals surface area contributed by atoms with E-state index in [4.69, 9.17) is 0 Å². The van der Waals surface area contributed by atoms with E-state index < -0.39 is 11.9 Å². The molecule has 2 amide bonds. The summed E-state index contributed by atoms with van der Waals surface area (Å²) in [6.45, 7) is 5.60. The number of nitrogens with one attached hydrogen (secondary N) is 1. The zero-order chi connectivity index (χ0) is 28.1. The molecule has 6 heterocycles. The lowest BCUT2D eigenvalue weighted by molar-refractivity contribution is -0.160. The van der Waals surface area contributed by atoms with E-state index in [0.717, 1.165) is 0 Å². The van der Waals surface area contributed by atoms with Crippen LogP contribution in [0.4, 0.5) is 0 Å². The molecule has 0 saturated carbocycles. The second-order valence-electron chi connectivity index (χ2n) is 11.0. The third-order valence-corrected chi connectivity index (χ3v) is 9.91. The van der Waals surface area contributed by atoms with Gasteiger partial charge in [-0.05, 0) is 22.8 Å². The molecular formula is C24H30N10O5S. The SMILES string of the molecule is CC(CC(=O)Cn1cnnn1)[C@H]1C(=O)N2C(C(=O)O)=C(S[C@@H]3CN[C@H](C(=O)N4CC(n5cnnc5)C4)C3)[C@H](C)[C@H]12. The van der Waals surface area contributed by atoms with Gasteiger partial charge in [-0.2, -0.15) is 0 Å². The van der Waals surface area contributed by atoms with Crippen LogP contribution in [-0.2, 0) is 25.7 Å². The van der Waals surface area contributed by atoms with Gasteiger partial charge in [0.05, 0.1) is 24.0 Å². The Hall–Kier alpha value is -3.66. The Kier molecular flexibility index (Phi) is 6.90. The van der Waals surface area contributed by atoms with Crippen LogP contribution in [0.1, 0.15) is 32.7 Å². The minimum Gasteiger partial charge on any atom is -0.477 e. The van der Waals surface area contributed by atoms with Gasteiger partial charge in [0.1, 0.15) is 31.2 Å². The number of β-lactam (4-membered cyclic amide) rings is 1. The molecule has 2 N–H and O–H groups in total. The van der Waals surface area contributed by atoms with E-state index in [-0.39, 0.29) is 71.5 Å². The Morgan fingerprint density at radius 1 is 1.18 bits per heavy atom. The Labute approximate surface area is 233 Å². The number of aromatic nitrogens is 7. The van der Waals surface area contributed by atoms with E-state index in [1.165, 1.54) is 27.7 Å². The standard InChI is InChI=1S/C24H30N10O5S/c1-12(3-15(35)8-33-11-28-29-30-33)18-19-13(2)21(20(24(38)39)34(19)23(18)37)40-16-4-17(25-5-16)22(36)31-6-14(7-31)32-9-26-27-10-32/h9-14,16-19,25H,3-8H2,1-2H3,(H,38,39)/t12?,13-,16+,17+,18-,19-/m1/s1. The van der Waals surface area contributed by atoms with Crippen molar-refractivity contribution in [2.75, 3.05) is 19.6 Å². The van der Waals surface area contributed by atoms with Crippen LogP contribution in [0.3, 0.4) is 0 Å². The Morgan fingerprint density at radius 2 is 1.93 bits per heavy atom. The number of tetrazole rings is 1. The van der Waals surface area contributed by atoms with Crippen LogP contribution in [0.5, 0.6) is 0 Å². The van der Waals surface area contributed by atoms with Crippen LogP contribution in [0.2, 0.25) is 0 Å². The van der Waals surface area contributed by atoms with Crippen molar-refractivity contribution < 1.29 is 24.3 Å². The topological polar surface area (TPSA) is 181 Å². The summed E-state index contributed by atoms with van der Waals surface area (Å²) in [5, 5.41) is 31.8. The van der Waals surface area contributed by atoms with E-state index in [1.54, 1.807) is 12.7 Å². The first-order valence-corrected chi connectivity index (χ1v) is 14.2. The number of carboxylic acids is 1. The van der Waals surface area contributed by atoms with Gasteiger partial charge in [-0.25, -0.2) is 9.48 Å². The van der Waals surface area contributed by atoms with Gasteiger partial charge in [0.25, 0.3) is 0 Å². The van der Waals surface area contributed by atoms with Crippen LogP contribution in [0.25, 0.3) is 0 Å².